The van der Waals surface area contributed by atoms with Gasteiger partial charge in [0.25, 0.3) is 0 Å². The highest BCUT2D eigenvalue weighted by molar-refractivity contribution is 7.80. The summed E-state index contributed by atoms with van der Waals surface area (Å²) in [4.78, 5) is 0. The van der Waals surface area contributed by atoms with Crippen molar-refractivity contribution in [3.63, 3.8) is 0 Å². The molecule has 2 aromatic carbocycles. The number of benzene rings is 2. The van der Waals surface area contributed by atoms with Gasteiger partial charge in [-0.2, -0.15) is 0 Å². The van der Waals surface area contributed by atoms with Gasteiger partial charge in [-0.25, -0.2) is 0 Å². The van der Waals surface area contributed by atoms with Gasteiger partial charge in [0.15, 0.2) is 5.11 Å². The second kappa shape index (κ2) is 5.32. The van der Waals surface area contributed by atoms with Gasteiger partial charge in [-0.15, -0.1) is 0 Å². The molecule has 2 aromatic rings. The highest BCUT2D eigenvalue weighted by atomic mass is 32.1. The van der Waals surface area contributed by atoms with E-state index in [1.54, 1.807) is 0 Å². The van der Waals surface area contributed by atoms with Gasteiger partial charge in [-0.3, -0.25) is 0 Å². The third kappa shape index (κ3) is 3.19. The first-order valence-electron chi connectivity index (χ1n) is 5.23. The van der Waals surface area contributed by atoms with Crippen LogP contribution in [0.2, 0.25) is 0 Å². The van der Waals surface area contributed by atoms with Crippen molar-refractivity contribution in [3.05, 3.63) is 54.6 Å². The van der Waals surface area contributed by atoms with Crippen LogP contribution in [0.25, 0.3) is 0 Å². The van der Waals surface area contributed by atoms with Crippen molar-refractivity contribution in [1.29, 1.82) is 0 Å². The van der Waals surface area contributed by atoms with E-state index in [-0.39, 0.29) is 5.11 Å². The molecule has 86 valence electrons. The average molecular weight is 243 g/mol. The number of hydrogen-bond acceptors (Lipinski definition) is 2. The van der Waals surface area contributed by atoms with Crippen LogP contribution in [0.5, 0.6) is 0 Å². The molecule has 4 N–H and O–H groups in total. The number of para-hydroxylation sites is 3. The van der Waals surface area contributed by atoms with E-state index in [1.807, 2.05) is 54.6 Å². The molecular formula is C13H13N3S. The van der Waals surface area contributed by atoms with Crippen LogP contribution >= 0.6 is 12.2 Å². The lowest BCUT2D eigenvalue weighted by atomic mass is 10.2. The van der Waals surface area contributed by atoms with Crippen molar-refractivity contribution >= 4 is 34.4 Å². The molecule has 0 heterocycles. The second-order valence-corrected chi connectivity index (χ2v) is 3.97. The summed E-state index contributed by atoms with van der Waals surface area (Å²) in [6.45, 7) is 0. The Morgan fingerprint density at radius 2 is 1.47 bits per heavy atom. The summed E-state index contributed by atoms with van der Waals surface area (Å²) >= 11 is 4.84. The molecular weight excluding hydrogens is 230 g/mol. The number of rotatable bonds is 3. The van der Waals surface area contributed by atoms with Gasteiger partial charge in [0.1, 0.15) is 0 Å². The lowest BCUT2D eigenvalue weighted by Gasteiger charge is -2.12. The third-order valence-corrected chi connectivity index (χ3v) is 2.34. The van der Waals surface area contributed by atoms with Gasteiger partial charge >= 0.3 is 0 Å². The molecule has 0 aliphatic carbocycles. The molecule has 0 amide bonds. The third-order valence-electron chi connectivity index (χ3n) is 2.24. The summed E-state index contributed by atoms with van der Waals surface area (Å²) < 4.78 is 0. The zero-order valence-electron chi connectivity index (χ0n) is 9.18. The number of hydrogen-bond donors (Lipinski definition) is 3. The van der Waals surface area contributed by atoms with Crippen LogP contribution in [0, 0.1) is 0 Å². The van der Waals surface area contributed by atoms with E-state index >= 15 is 0 Å². The van der Waals surface area contributed by atoms with E-state index in [0.29, 0.717) is 0 Å². The van der Waals surface area contributed by atoms with Crippen molar-refractivity contribution in [2.75, 3.05) is 10.6 Å². The monoisotopic (exact) mass is 243 g/mol. The Balaban J connectivity index is 2.23. The molecule has 0 saturated heterocycles. The Morgan fingerprint density at radius 1 is 0.882 bits per heavy atom. The molecule has 0 spiro atoms. The van der Waals surface area contributed by atoms with Crippen molar-refractivity contribution in [3.8, 4) is 0 Å². The zero-order valence-corrected chi connectivity index (χ0v) is 10.00. The Bertz CT molecular complexity index is 511. The van der Waals surface area contributed by atoms with Crippen LogP contribution in [0.3, 0.4) is 0 Å². The number of nitrogens with two attached hydrogens (primary N) is 1. The van der Waals surface area contributed by atoms with Crippen LogP contribution in [0.15, 0.2) is 54.6 Å². The fourth-order valence-corrected chi connectivity index (χ4v) is 1.62. The zero-order chi connectivity index (χ0) is 12.1. The van der Waals surface area contributed by atoms with E-state index < -0.39 is 0 Å². The first-order valence-corrected chi connectivity index (χ1v) is 5.64. The van der Waals surface area contributed by atoms with E-state index in [2.05, 4.69) is 10.6 Å². The molecule has 3 nitrogen and oxygen atoms in total. The minimum atomic E-state index is 0.257. The maximum Gasteiger partial charge on any atom is 0.168 e. The molecule has 0 aliphatic heterocycles. The van der Waals surface area contributed by atoms with Gasteiger partial charge in [-0.05, 0) is 36.5 Å². The fraction of sp³-hybridized carbons (Fsp3) is 0. The van der Waals surface area contributed by atoms with Gasteiger partial charge in [-0.1, -0.05) is 30.3 Å². The van der Waals surface area contributed by atoms with E-state index in [4.69, 9.17) is 18.0 Å². The van der Waals surface area contributed by atoms with Gasteiger partial charge in [0.05, 0.1) is 11.4 Å². The second-order valence-electron chi connectivity index (χ2n) is 3.53. The van der Waals surface area contributed by atoms with E-state index in [0.717, 1.165) is 17.1 Å². The average Bonchev–Trinajstić information content (AvgIpc) is 2.32. The lowest BCUT2D eigenvalue weighted by molar-refractivity contribution is 1.53. The number of nitrogens with one attached hydrogen (secondary N) is 2. The van der Waals surface area contributed by atoms with Crippen LogP contribution in [-0.2, 0) is 0 Å². The molecule has 17 heavy (non-hydrogen) atoms. The highest BCUT2D eigenvalue weighted by Crippen LogP contribution is 2.24. The molecule has 4 heteroatoms. The van der Waals surface area contributed by atoms with Gasteiger partial charge in [0.2, 0.25) is 0 Å². The predicted octanol–water partition coefficient (Wildman–Crippen LogP) is 3.09. The number of thiocarbonyl (C=S) groups is 1. The normalized spacial score (nSPS) is 9.65. The molecule has 0 fully saturated rings. The summed E-state index contributed by atoms with van der Waals surface area (Å²) in [6, 6.07) is 17.7. The Kier molecular flexibility index (Phi) is 3.57. The first-order chi connectivity index (χ1) is 8.25. The Hall–Kier alpha value is -2.07. The minimum absolute atomic E-state index is 0.257. The maximum absolute atomic E-state index is 5.48. The summed E-state index contributed by atoms with van der Waals surface area (Å²) in [5, 5.41) is 6.50. The molecule has 0 aliphatic rings. The highest BCUT2D eigenvalue weighted by Gasteiger charge is 2.01. The van der Waals surface area contributed by atoms with Crippen molar-refractivity contribution in [2.45, 2.75) is 0 Å². The minimum Gasteiger partial charge on any atom is -0.376 e. The van der Waals surface area contributed by atoms with E-state index in [9.17, 15) is 0 Å². The van der Waals surface area contributed by atoms with Gasteiger partial charge in [0, 0.05) is 5.69 Å². The predicted molar refractivity (Wildman–Crippen MR) is 76.6 cm³/mol. The van der Waals surface area contributed by atoms with Crippen molar-refractivity contribution in [2.24, 2.45) is 5.73 Å². The summed E-state index contributed by atoms with van der Waals surface area (Å²) in [5.41, 5.74) is 8.30. The van der Waals surface area contributed by atoms with Gasteiger partial charge < -0.3 is 16.4 Å². The molecule has 0 atom stereocenters. The summed E-state index contributed by atoms with van der Waals surface area (Å²) in [5.74, 6) is 0. The molecule has 2 rings (SSSR count). The van der Waals surface area contributed by atoms with Crippen LogP contribution < -0.4 is 16.4 Å². The SMILES string of the molecule is NC(=S)Nc1ccccc1Nc1ccccc1. The van der Waals surface area contributed by atoms with Crippen LogP contribution in [0.4, 0.5) is 17.1 Å². The van der Waals surface area contributed by atoms with Crippen LogP contribution in [-0.4, -0.2) is 5.11 Å². The van der Waals surface area contributed by atoms with Crippen molar-refractivity contribution < 1.29 is 0 Å². The van der Waals surface area contributed by atoms with Crippen LogP contribution in [0.1, 0.15) is 0 Å². The Labute approximate surface area is 106 Å². The van der Waals surface area contributed by atoms with E-state index in [1.165, 1.54) is 0 Å². The quantitative estimate of drug-likeness (QED) is 0.725. The largest absolute Gasteiger partial charge is 0.376 e. The fourth-order valence-electron chi connectivity index (χ4n) is 1.51. The number of anilines is 3. The first kappa shape index (κ1) is 11.4. The lowest BCUT2D eigenvalue weighted by Crippen LogP contribution is -2.19. The molecule has 0 aromatic heterocycles. The Morgan fingerprint density at radius 3 is 2.12 bits per heavy atom. The summed E-state index contributed by atoms with van der Waals surface area (Å²) in [7, 11) is 0. The smallest absolute Gasteiger partial charge is 0.168 e. The molecule has 0 radical (unpaired) electrons. The molecule has 0 saturated carbocycles. The summed E-state index contributed by atoms with van der Waals surface area (Å²) in [6.07, 6.45) is 0. The standard InChI is InChI=1S/C13H13N3S/c14-13(17)16-12-9-5-4-8-11(12)15-10-6-2-1-3-7-10/h1-9,15H,(H3,14,16,17). The topological polar surface area (TPSA) is 50.1 Å². The molecule has 0 bridgehead atoms. The van der Waals surface area contributed by atoms with Crippen molar-refractivity contribution in [1.82, 2.24) is 0 Å². The molecule has 0 unspecified atom stereocenters. The maximum atomic E-state index is 5.48.